The molecule has 6 heteroatoms. The van der Waals surface area contributed by atoms with Crippen LogP contribution in [0, 0.1) is 13.8 Å². The molecule has 1 N–H and O–H groups in total. The van der Waals surface area contributed by atoms with Crippen molar-refractivity contribution in [2.24, 2.45) is 0 Å². The van der Waals surface area contributed by atoms with E-state index in [1.807, 2.05) is 36.6 Å². The monoisotopic (exact) mass is 365 g/mol. The van der Waals surface area contributed by atoms with Crippen LogP contribution in [-0.2, 0) is 16.9 Å². The lowest BCUT2D eigenvalue weighted by atomic mass is 9.92. The molecule has 1 fully saturated rings. The lowest BCUT2D eigenvalue weighted by Crippen LogP contribution is -2.41. The first kappa shape index (κ1) is 18.6. The van der Waals surface area contributed by atoms with Gasteiger partial charge in [-0.25, -0.2) is 4.79 Å². The summed E-state index contributed by atoms with van der Waals surface area (Å²) in [5.74, 6) is -0.689. The van der Waals surface area contributed by atoms with E-state index in [1.165, 1.54) is 0 Å². The number of imide groups is 1. The second-order valence-corrected chi connectivity index (χ2v) is 6.92. The number of amides is 3. The molecule has 0 spiro atoms. The number of hydrogen-bond donors (Lipinski definition) is 1. The first-order chi connectivity index (χ1) is 12.8. The Morgan fingerprint density at radius 1 is 1.22 bits per heavy atom. The second kappa shape index (κ2) is 6.87. The maximum Gasteiger partial charge on any atom is 0.325 e. The van der Waals surface area contributed by atoms with Crippen molar-refractivity contribution in [3.05, 3.63) is 71.6 Å². The number of ketones is 1. The SMILES string of the molecule is C=CCn1c(C)cc(C(=O)CN2C(=O)NC(C)(c3ccccc3)C2=O)c1C. The van der Waals surface area contributed by atoms with E-state index in [2.05, 4.69) is 11.9 Å². The van der Waals surface area contributed by atoms with Crippen molar-refractivity contribution in [3.63, 3.8) is 0 Å². The van der Waals surface area contributed by atoms with Gasteiger partial charge in [0.1, 0.15) is 5.54 Å². The molecule has 3 amide bonds. The van der Waals surface area contributed by atoms with E-state index in [1.54, 1.807) is 31.2 Å². The topological polar surface area (TPSA) is 71.4 Å². The number of allylic oxidation sites excluding steroid dienone is 1. The summed E-state index contributed by atoms with van der Waals surface area (Å²) in [6, 6.07) is 10.3. The van der Waals surface area contributed by atoms with E-state index in [-0.39, 0.29) is 12.3 Å². The van der Waals surface area contributed by atoms with Crippen LogP contribution in [0.2, 0.25) is 0 Å². The van der Waals surface area contributed by atoms with Gasteiger partial charge in [-0.05, 0) is 32.4 Å². The van der Waals surface area contributed by atoms with E-state index >= 15 is 0 Å². The molecule has 1 unspecified atom stereocenters. The summed E-state index contributed by atoms with van der Waals surface area (Å²) in [7, 11) is 0. The van der Waals surface area contributed by atoms with Crippen LogP contribution in [0.25, 0.3) is 0 Å². The fraction of sp³-hybridized carbons (Fsp3) is 0.286. The van der Waals surface area contributed by atoms with E-state index in [0.29, 0.717) is 17.7 Å². The summed E-state index contributed by atoms with van der Waals surface area (Å²) in [6.45, 7) is 9.46. The fourth-order valence-electron chi connectivity index (χ4n) is 3.53. The Kier molecular flexibility index (Phi) is 4.74. The van der Waals surface area contributed by atoms with E-state index in [4.69, 9.17) is 0 Å². The molecule has 1 saturated heterocycles. The van der Waals surface area contributed by atoms with Crippen LogP contribution in [-0.4, -0.2) is 33.7 Å². The number of carbonyl (C=O) groups is 3. The van der Waals surface area contributed by atoms with Gasteiger partial charge in [-0.15, -0.1) is 6.58 Å². The maximum atomic E-state index is 12.9. The molecule has 2 aromatic rings. The fourth-order valence-corrected chi connectivity index (χ4v) is 3.53. The van der Waals surface area contributed by atoms with Crippen LogP contribution in [0.15, 0.2) is 49.1 Å². The van der Waals surface area contributed by atoms with E-state index in [0.717, 1.165) is 16.3 Å². The lowest BCUT2D eigenvalue weighted by molar-refractivity contribution is -0.130. The Labute approximate surface area is 158 Å². The average molecular weight is 365 g/mol. The summed E-state index contributed by atoms with van der Waals surface area (Å²) in [4.78, 5) is 39.2. The molecule has 0 aliphatic carbocycles. The summed E-state index contributed by atoms with van der Waals surface area (Å²) >= 11 is 0. The summed E-state index contributed by atoms with van der Waals surface area (Å²) < 4.78 is 1.97. The van der Waals surface area contributed by atoms with Gasteiger partial charge in [0, 0.05) is 23.5 Å². The van der Waals surface area contributed by atoms with Gasteiger partial charge in [0.2, 0.25) is 0 Å². The van der Waals surface area contributed by atoms with E-state index in [9.17, 15) is 14.4 Å². The van der Waals surface area contributed by atoms with Crippen molar-refractivity contribution in [1.82, 2.24) is 14.8 Å². The highest BCUT2D eigenvalue weighted by Gasteiger charge is 2.49. The van der Waals surface area contributed by atoms with Gasteiger partial charge < -0.3 is 9.88 Å². The molecule has 1 aromatic carbocycles. The molecule has 140 valence electrons. The molecule has 0 bridgehead atoms. The highest BCUT2D eigenvalue weighted by atomic mass is 16.2. The summed E-state index contributed by atoms with van der Waals surface area (Å²) in [5.41, 5.74) is 1.77. The van der Waals surface area contributed by atoms with E-state index < -0.39 is 17.5 Å². The zero-order valence-corrected chi connectivity index (χ0v) is 15.8. The second-order valence-electron chi connectivity index (χ2n) is 6.92. The molecule has 0 saturated carbocycles. The Morgan fingerprint density at radius 3 is 2.52 bits per heavy atom. The van der Waals surface area contributed by atoms with Crippen LogP contribution in [0.5, 0.6) is 0 Å². The normalized spacial score (nSPS) is 19.3. The highest BCUT2D eigenvalue weighted by molar-refractivity contribution is 6.11. The third kappa shape index (κ3) is 3.07. The zero-order valence-electron chi connectivity index (χ0n) is 15.8. The van der Waals surface area contributed by atoms with Gasteiger partial charge in [-0.3, -0.25) is 14.5 Å². The van der Waals surface area contributed by atoms with Crippen molar-refractivity contribution in [2.75, 3.05) is 6.54 Å². The number of nitrogens with one attached hydrogen (secondary N) is 1. The predicted octanol–water partition coefficient (Wildman–Crippen LogP) is 2.94. The first-order valence-electron chi connectivity index (χ1n) is 8.80. The smallest absolute Gasteiger partial charge is 0.325 e. The summed E-state index contributed by atoms with van der Waals surface area (Å²) in [5, 5.41) is 2.72. The number of hydrogen-bond acceptors (Lipinski definition) is 3. The number of benzene rings is 1. The predicted molar refractivity (Wildman–Crippen MR) is 102 cm³/mol. The minimum absolute atomic E-state index is 0.265. The van der Waals surface area contributed by atoms with Gasteiger partial charge in [0.05, 0.1) is 6.54 Å². The number of nitrogens with zero attached hydrogens (tertiary/aromatic N) is 2. The molecule has 6 nitrogen and oxygen atoms in total. The van der Waals surface area contributed by atoms with Crippen LogP contribution in [0.4, 0.5) is 4.79 Å². The quantitative estimate of drug-likeness (QED) is 0.486. The molecule has 3 rings (SSSR count). The molecule has 2 heterocycles. The van der Waals surface area contributed by atoms with Crippen LogP contribution in [0.3, 0.4) is 0 Å². The van der Waals surface area contributed by atoms with Crippen molar-refractivity contribution in [1.29, 1.82) is 0 Å². The van der Waals surface area contributed by atoms with Gasteiger partial charge in [-0.2, -0.15) is 0 Å². The molecule has 1 aliphatic heterocycles. The Balaban J connectivity index is 1.85. The Hall–Kier alpha value is -3.15. The number of urea groups is 1. The largest absolute Gasteiger partial charge is 0.345 e. The third-order valence-corrected chi connectivity index (χ3v) is 5.11. The van der Waals surface area contributed by atoms with Crippen LogP contribution >= 0.6 is 0 Å². The standard InChI is InChI=1S/C21H23N3O3/c1-5-11-23-14(2)12-17(15(23)3)18(25)13-24-19(26)21(4,22-20(24)27)16-9-7-6-8-10-16/h5-10,12H,1,11,13H2,2-4H3,(H,22,27). The lowest BCUT2D eigenvalue weighted by Gasteiger charge is -2.22. The van der Waals surface area contributed by atoms with Gasteiger partial charge in [0.25, 0.3) is 5.91 Å². The third-order valence-electron chi connectivity index (χ3n) is 5.11. The number of aryl methyl sites for hydroxylation is 1. The minimum Gasteiger partial charge on any atom is -0.345 e. The highest BCUT2D eigenvalue weighted by Crippen LogP contribution is 2.29. The average Bonchev–Trinajstić information content (AvgIpc) is 3.05. The first-order valence-corrected chi connectivity index (χ1v) is 8.80. The van der Waals surface area contributed by atoms with Gasteiger partial charge in [-0.1, -0.05) is 36.4 Å². The van der Waals surface area contributed by atoms with Gasteiger partial charge in [0.15, 0.2) is 5.78 Å². The Bertz CT molecular complexity index is 930. The van der Waals surface area contributed by atoms with Gasteiger partial charge >= 0.3 is 6.03 Å². The number of carbonyl (C=O) groups excluding carboxylic acids is 3. The van der Waals surface area contributed by atoms with Crippen LogP contribution < -0.4 is 5.32 Å². The molecule has 1 aliphatic rings. The number of aromatic nitrogens is 1. The number of rotatable bonds is 6. The molecular weight excluding hydrogens is 342 g/mol. The minimum atomic E-state index is -1.17. The zero-order chi connectivity index (χ0) is 19.8. The molecular formula is C21H23N3O3. The molecule has 1 atom stereocenters. The summed E-state index contributed by atoms with van der Waals surface area (Å²) in [6.07, 6.45) is 1.76. The molecule has 1 aromatic heterocycles. The van der Waals surface area contributed by atoms with Crippen molar-refractivity contribution >= 4 is 17.7 Å². The molecule has 0 radical (unpaired) electrons. The number of Topliss-reactive ketones (excluding diaryl/α,β-unsaturated/α-hetero) is 1. The van der Waals surface area contributed by atoms with Crippen molar-refractivity contribution in [3.8, 4) is 0 Å². The molecule has 27 heavy (non-hydrogen) atoms. The Morgan fingerprint density at radius 2 is 1.89 bits per heavy atom. The van der Waals surface area contributed by atoms with Crippen molar-refractivity contribution in [2.45, 2.75) is 32.9 Å². The maximum absolute atomic E-state index is 12.9. The van der Waals surface area contributed by atoms with Crippen molar-refractivity contribution < 1.29 is 14.4 Å². The van der Waals surface area contributed by atoms with Crippen LogP contribution in [0.1, 0.15) is 34.2 Å².